The molecule has 0 saturated heterocycles. The van der Waals surface area contributed by atoms with Crippen LogP contribution in [-0.4, -0.2) is 9.75 Å². The molecule has 0 spiro atoms. The Kier molecular flexibility index (Phi) is 5.10. The quantitative estimate of drug-likeness (QED) is 0.330. The highest BCUT2D eigenvalue weighted by molar-refractivity contribution is 14.1. The molecule has 0 aliphatic carbocycles. The van der Waals surface area contributed by atoms with Gasteiger partial charge in [0.25, 0.3) is 5.69 Å². The highest BCUT2D eigenvalue weighted by atomic mass is 127. The fourth-order valence-electron chi connectivity index (χ4n) is 1.29. The van der Waals surface area contributed by atoms with Crippen LogP contribution in [0.1, 0.15) is 18.9 Å². The summed E-state index contributed by atoms with van der Waals surface area (Å²) >= 11 is 5.14. The first-order valence-corrected chi connectivity index (χ1v) is 6.71. The average molecular weight is 402 g/mol. The van der Waals surface area contributed by atoms with Crippen LogP contribution in [0.3, 0.4) is 0 Å². The molecular weight excluding hydrogens is 392 g/mol. The second kappa shape index (κ2) is 5.90. The Hall–Kier alpha value is -0.240. The van der Waals surface area contributed by atoms with Gasteiger partial charge in [-0.2, -0.15) is 0 Å². The first kappa shape index (κ1) is 13.8. The number of alkyl halides is 1. The minimum Gasteiger partial charge on any atom is -0.258 e. The molecule has 88 valence electrons. The van der Waals surface area contributed by atoms with Gasteiger partial charge in [0, 0.05) is 16.5 Å². The van der Waals surface area contributed by atoms with Crippen LogP contribution in [0.15, 0.2) is 12.1 Å². The molecule has 0 N–H and O–H groups in total. The summed E-state index contributed by atoms with van der Waals surface area (Å²) in [6, 6.07) is 2.53. The standard InChI is InChI=1S/C10H10BrFINO2/c1-2-7(11)3-6-4-8(12)9(13)5-10(6)14(15)16/h4-5,7H,2-3H2,1H3. The lowest BCUT2D eigenvalue weighted by Crippen LogP contribution is -2.05. The summed E-state index contributed by atoms with van der Waals surface area (Å²) in [5.74, 6) is -0.406. The second-order valence-electron chi connectivity index (χ2n) is 3.36. The van der Waals surface area contributed by atoms with E-state index >= 15 is 0 Å². The fourth-order valence-corrected chi connectivity index (χ4v) is 2.09. The van der Waals surface area contributed by atoms with E-state index in [2.05, 4.69) is 15.9 Å². The Labute approximate surface area is 115 Å². The smallest absolute Gasteiger partial charge is 0.258 e. The van der Waals surface area contributed by atoms with Crippen molar-refractivity contribution in [1.82, 2.24) is 0 Å². The molecule has 0 saturated carbocycles. The zero-order valence-corrected chi connectivity index (χ0v) is 12.3. The Morgan fingerprint density at radius 2 is 2.25 bits per heavy atom. The molecule has 16 heavy (non-hydrogen) atoms. The van der Waals surface area contributed by atoms with E-state index in [0.29, 0.717) is 12.0 Å². The van der Waals surface area contributed by atoms with Gasteiger partial charge in [-0.05, 0) is 41.5 Å². The van der Waals surface area contributed by atoms with Crippen molar-refractivity contribution in [2.75, 3.05) is 0 Å². The normalized spacial score (nSPS) is 12.5. The molecule has 0 aromatic heterocycles. The first-order valence-electron chi connectivity index (χ1n) is 4.72. The van der Waals surface area contributed by atoms with Gasteiger partial charge in [0.05, 0.1) is 8.49 Å². The van der Waals surface area contributed by atoms with Crippen LogP contribution in [0, 0.1) is 19.5 Å². The van der Waals surface area contributed by atoms with Crippen molar-refractivity contribution in [3.63, 3.8) is 0 Å². The number of nitrogens with zero attached hydrogens (tertiary/aromatic N) is 1. The number of nitro groups is 1. The van der Waals surface area contributed by atoms with Gasteiger partial charge in [0.15, 0.2) is 0 Å². The summed E-state index contributed by atoms with van der Waals surface area (Å²) < 4.78 is 13.6. The highest BCUT2D eigenvalue weighted by Gasteiger charge is 2.19. The molecule has 0 heterocycles. The summed E-state index contributed by atoms with van der Waals surface area (Å²) in [6.45, 7) is 1.97. The van der Waals surface area contributed by atoms with Crippen molar-refractivity contribution in [2.45, 2.75) is 24.6 Å². The van der Waals surface area contributed by atoms with Crippen LogP contribution in [0.25, 0.3) is 0 Å². The lowest BCUT2D eigenvalue weighted by atomic mass is 10.1. The lowest BCUT2D eigenvalue weighted by Gasteiger charge is -2.08. The van der Waals surface area contributed by atoms with Gasteiger partial charge in [0.2, 0.25) is 0 Å². The molecule has 0 aliphatic rings. The number of nitro benzene ring substituents is 1. The molecule has 1 atom stereocenters. The van der Waals surface area contributed by atoms with Crippen LogP contribution >= 0.6 is 38.5 Å². The van der Waals surface area contributed by atoms with Gasteiger partial charge in [-0.15, -0.1) is 0 Å². The van der Waals surface area contributed by atoms with Gasteiger partial charge in [-0.25, -0.2) is 4.39 Å². The Morgan fingerprint density at radius 1 is 1.62 bits per heavy atom. The third-order valence-corrected chi connectivity index (χ3v) is 4.00. The second-order valence-corrected chi connectivity index (χ2v) is 5.82. The Bertz CT molecular complexity index is 414. The summed E-state index contributed by atoms with van der Waals surface area (Å²) in [4.78, 5) is 10.5. The summed E-state index contributed by atoms with van der Waals surface area (Å²) in [5, 5.41) is 10.8. The molecule has 0 fully saturated rings. The van der Waals surface area contributed by atoms with E-state index in [1.807, 2.05) is 6.92 Å². The molecule has 1 aromatic rings. The number of benzene rings is 1. The van der Waals surface area contributed by atoms with Gasteiger partial charge >= 0.3 is 0 Å². The molecule has 1 aromatic carbocycles. The largest absolute Gasteiger partial charge is 0.273 e. The molecule has 1 rings (SSSR count). The van der Waals surface area contributed by atoms with E-state index in [0.717, 1.165) is 6.42 Å². The van der Waals surface area contributed by atoms with E-state index < -0.39 is 10.7 Å². The van der Waals surface area contributed by atoms with Gasteiger partial charge in [-0.1, -0.05) is 22.9 Å². The van der Waals surface area contributed by atoms with Crippen molar-refractivity contribution < 1.29 is 9.31 Å². The maximum Gasteiger partial charge on any atom is 0.273 e. The number of hydrogen-bond donors (Lipinski definition) is 0. The molecule has 6 heteroatoms. The van der Waals surface area contributed by atoms with Crippen LogP contribution < -0.4 is 0 Å². The SMILES string of the molecule is CCC(Br)Cc1cc(F)c(I)cc1[N+](=O)[O-]. The molecule has 0 amide bonds. The minimum absolute atomic E-state index is 0.0105. The van der Waals surface area contributed by atoms with Crippen molar-refractivity contribution in [3.05, 3.63) is 37.2 Å². The van der Waals surface area contributed by atoms with Crippen LogP contribution in [-0.2, 0) is 6.42 Å². The van der Waals surface area contributed by atoms with Gasteiger partial charge < -0.3 is 0 Å². The Morgan fingerprint density at radius 3 is 2.75 bits per heavy atom. The number of rotatable bonds is 4. The highest BCUT2D eigenvalue weighted by Crippen LogP contribution is 2.27. The molecule has 3 nitrogen and oxygen atoms in total. The fraction of sp³-hybridized carbons (Fsp3) is 0.400. The van der Waals surface area contributed by atoms with Crippen LogP contribution in [0.5, 0.6) is 0 Å². The van der Waals surface area contributed by atoms with Crippen molar-refractivity contribution in [1.29, 1.82) is 0 Å². The third kappa shape index (κ3) is 3.38. The monoisotopic (exact) mass is 401 g/mol. The number of halogens is 3. The predicted molar refractivity (Wildman–Crippen MR) is 72.5 cm³/mol. The predicted octanol–water partition coefficient (Wildman–Crippen LogP) is 4.05. The van der Waals surface area contributed by atoms with E-state index in [4.69, 9.17) is 0 Å². The maximum absolute atomic E-state index is 13.3. The van der Waals surface area contributed by atoms with Crippen LogP contribution in [0.4, 0.5) is 10.1 Å². The van der Waals surface area contributed by atoms with Gasteiger partial charge in [0.1, 0.15) is 5.82 Å². The molecule has 0 radical (unpaired) electrons. The maximum atomic E-state index is 13.3. The van der Waals surface area contributed by atoms with Crippen LogP contribution in [0.2, 0.25) is 0 Å². The van der Waals surface area contributed by atoms with Crippen molar-refractivity contribution >= 4 is 44.2 Å². The van der Waals surface area contributed by atoms with E-state index in [1.54, 1.807) is 22.6 Å². The van der Waals surface area contributed by atoms with E-state index in [-0.39, 0.29) is 14.1 Å². The Balaban J connectivity index is 3.14. The zero-order valence-electron chi connectivity index (χ0n) is 8.54. The average Bonchev–Trinajstić information content (AvgIpc) is 2.22. The molecule has 0 aliphatic heterocycles. The summed E-state index contributed by atoms with van der Waals surface area (Å²) in [7, 11) is 0. The zero-order chi connectivity index (χ0) is 12.3. The van der Waals surface area contributed by atoms with E-state index in [9.17, 15) is 14.5 Å². The topological polar surface area (TPSA) is 43.1 Å². The minimum atomic E-state index is -0.466. The van der Waals surface area contributed by atoms with Crippen molar-refractivity contribution in [2.24, 2.45) is 0 Å². The number of hydrogen-bond acceptors (Lipinski definition) is 2. The van der Waals surface area contributed by atoms with Crippen molar-refractivity contribution in [3.8, 4) is 0 Å². The molecule has 0 bridgehead atoms. The van der Waals surface area contributed by atoms with Gasteiger partial charge in [-0.3, -0.25) is 10.1 Å². The molecular formula is C10H10BrFINO2. The summed E-state index contributed by atoms with van der Waals surface area (Å²) in [5.41, 5.74) is 0.426. The van der Waals surface area contributed by atoms with E-state index in [1.165, 1.54) is 12.1 Å². The third-order valence-electron chi connectivity index (χ3n) is 2.20. The molecule has 1 unspecified atom stereocenters. The summed E-state index contributed by atoms with van der Waals surface area (Å²) in [6.07, 6.45) is 1.30. The first-order chi connectivity index (χ1) is 7.45. The lowest BCUT2D eigenvalue weighted by molar-refractivity contribution is -0.385.